The molecule has 1 aromatic carbocycles. The number of hydrogen-bond donors (Lipinski definition) is 0. The predicted octanol–water partition coefficient (Wildman–Crippen LogP) is 1.51. The number of benzene rings is 1. The Morgan fingerprint density at radius 3 is 2.36 bits per heavy atom. The van der Waals surface area contributed by atoms with Gasteiger partial charge in [-0.25, -0.2) is 4.79 Å². The highest BCUT2D eigenvalue weighted by Gasteiger charge is 2.30. The molecule has 2 aliphatic rings. The number of amides is 3. The van der Waals surface area contributed by atoms with Crippen LogP contribution in [0.5, 0.6) is 0 Å². The lowest BCUT2D eigenvalue weighted by atomic mass is 10.1. The van der Waals surface area contributed by atoms with E-state index >= 15 is 0 Å². The Bertz CT molecular complexity index is 693. The van der Waals surface area contributed by atoms with E-state index in [0.29, 0.717) is 18.8 Å². The third kappa shape index (κ3) is 3.87. The quantitative estimate of drug-likeness (QED) is 0.611. The SMILES string of the molecule is O=C(OCC(=O)N1CCCCC1)c1cccc(N2C(=O)CCC2=O)c1. The highest BCUT2D eigenvalue weighted by molar-refractivity contribution is 6.20. The van der Waals surface area contributed by atoms with E-state index in [4.69, 9.17) is 4.74 Å². The Morgan fingerprint density at radius 2 is 1.68 bits per heavy atom. The third-order valence-corrected chi connectivity index (χ3v) is 4.43. The van der Waals surface area contributed by atoms with Crippen LogP contribution in [0.2, 0.25) is 0 Å². The van der Waals surface area contributed by atoms with Crippen molar-refractivity contribution in [1.82, 2.24) is 4.90 Å². The van der Waals surface area contributed by atoms with Crippen LogP contribution >= 0.6 is 0 Å². The van der Waals surface area contributed by atoms with E-state index in [1.807, 2.05) is 0 Å². The fourth-order valence-corrected chi connectivity index (χ4v) is 3.08. The van der Waals surface area contributed by atoms with Gasteiger partial charge in [-0.05, 0) is 37.5 Å². The second-order valence-corrected chi connectivity index (χ2v) is 6.19. The smallest absolute Gasteiger partial charge is 0.338 e. The van der Waals surface area contributed by atoms with Crippen molar-refractivity contribution >= 4 is 29.4 Å². The van der Waals surface area contributed by atoms with Crippen LogP contribution in [-0.2, 0) is 19.1 Å². The van der Waals surface area contributed by atoms with Crippen LogP contribution < -0.4 is 4.90 Å². The van der Waals surface area contributed by atoms with Crippen LogP contribution in [0.25, 0.3) is 0 Å². The van der Waals surface area contributed by atoms with Crippen LogP contribution in [0.3, 0.4) is 0 Å². The van der Waals surface area contributed by atoms with Gasteiger partial charge in [-0.2, -0.15) is 0 Å². The molecule has 3 rings (SSSR count). The number of carbonyl (C=O) groups excluding carboxylic acids is 4. The van der Waals surface area contributed by atoms with E-state index in [0.717, 1.165) is 24.2 Å². The average Bonchev–Trinajstić information content (AvgIpc) is 2.98. The number of hydrogen-bond acceptors (Lipinski definition) is 5. The zero-order valence-electron chi connectivity index (χ0n) is 13.9. The zero-order valence-corrected chi connectivity index (χ0v) is 13.9. The lowest BCUT2D eigenvalue weighted by molar-refractivity contribution is -0.135. The number of carbonyl (C=O) groups is 4. The maximum Gasteiger partial charge on any atom is 0.338 e. The van der Waals surface area contributed by atoms with Crippen molar-refractivity contribution in [1.29, 1.82) is 0 Å². The van der Waals surface area contributed by atoms with E-state index in [-0.39, 0.29) is 42.7 Å². The summed E-state index contributed by atoms with van der Waals surface area (Å²) in [6, 6.07) is 6.14. The summed E-state index contributed by atoms with van der Waals surface area (Å²) in [4.78, 5) is 50.6. The van der Waals surface area contributed by atoms with Crippen LogP contribution in [0.1, 0.15) is 42.5 Å². The lowest BCUT2D eigenvalue weighted by Crippen LogP contribution is -2.38. The summed E-state index contributed by atoms with van der Waals surface area (Å²) in [5, 5.41) is 0. The number of esters is 1. The van der Waals surface area contributed by atoms with Crippen molar-refractivity contribution < 1.29 is 23.9 Å². The minimum atomic E-state index is -0.647. The molecule has 7 nitrogen and oxygen atoms in total. The highest BCUT2D eigenvalue weighted by atomic mass is 16.5. The molecule has 0 unspecified atom stereocenters. The molecular weight excluding hydrogens is 324 g/mol. The van der Waals surface area contributed by atoms with Crippen LogP contribution in [0.15, 0.2) is 24.3 Å². The van der Waals surface area contributed by atoms with Crippen LogP contribution in [-0.4, -0.2) is 48.3 Å². The van der Waals surface area contributed by atoms with Crippen molar-refractivity contribution in [3.05, 3.63) is 29.8 Å². The first-order chi connectivity index (χ1) is 12.1. The number of anilines is 1. The summed E-state index contributed by atoms with van der Waals surface area (Å²) in [6.07, 6.45) is 3.42. The van der Waals surface area contributed by atoms with Gasteiger partial charge >= 0.3 is 5.97 Å². The molecule has 7 heteroatoms. The molecule has 2 aliphatic heterocycles. The largest absolute Gasteiger partial charge is 0.452 e. The maximum absolute atomic E-state index is 12.2. The molecule has 0 saturated carbocycles. The van der Waals surface area contributed by atoms with E-state index in [2.05, 4.69) is 0 Å². The van der Waals surface area contributed by atoms with Crippen LogP contribution in [0.4, 0.5) is 5.69 Å². The minimum absolute atomic E-state index is 0.178. The molecule has 0 radical (unpaired) electrons. The van der Waals surface area contributed by atoms with Crippen molar-refractivity contribution in [2.75, 3.05) is 24.6 Å². The molecule has 2 heterocycles. The van der Waals surface area contributed by atoms with Gasteiger partial charge in [0.1, 0.15) is 0 Å². The molecule has 2 saturated heterocycles. The summed E-state index contributed by atoms with van der Waals surface area (Å²) in [5.41, 5.74) is 0.556. The molecule has 2 fully saturated rings. The topological polar surface area (TPSA) is 84.0 Å². The van der Waals surface area contributed by atoms with Gasteiger partial charge in [0.15, 0.2) is 6.61 Å². The summed E-state index contributed by atoms with van der Waals surface area (Å²) < 4.78 is 5.10. The van der Waals surface area contributed by atoms with Crippen LogP contribution in [0, 0.1) is 0 Å². The highest BCUT2D eigenvalue weighted by Crippen LogP contribution is 2.23. The summed E-state index contributed by atoms with van der Waals surface area (Å²) in [5.74, 6) is -1.41. The molecule has 25 heavy (non-hydrogen) atoms. The molecular formula is C18H20N2O5. The van der Waals surface area contributed by atoms with Crippen molar-refractivity contribution in [2.45, 2.75) is 32.1 Å². The Labute approximate surface area is 145 Å². The molecule has 0 bridgehead atoms. The standard InChI is InChI=1S/C18H20N2O5/c21-15-7-8-16(22)20(15)14-6-4-5-13(11-14)18(24)25-12-17(23)19-9-2-1-3-10-19/h4-6,11H,1-3,7-10,12H2. The van der Waals surface area contributed by atoms with Crippen molar-refractivity contribution in [3.8, 4) is 0 Å². The minimum Gasteiger partial charge on any atom is -0.452 e. The number of likely N-dealkylation sites (tertiary alicyclic amines) is 1. The number of rotatable bonds is 4. The second kappa shape index (κ2) is 7.46. The van der Waals surface area contributed by atoms with Gasteiger partial charge in [-0.3, -0.25) is 19.3 Å². The Morgan fingerprint density at radius 1 is 1.00 bits per heavy atom. The molecule has 132 valence electrons. The molecule has 3 amide bonds. The number of ether oxygens (including phenoxy) is 1. The van der Waals surface area contributed by atoms with Gasteiger partial charge in [0.2, 0.25) is 11.8 Å². The van der Waals surface area contributed by atoms with Gasteiger partial charge in [0.05, 0.1) is 11.3 Å². The lowest BCUT2D eigenvalue weighted by Gasteiger charge is -2.26. The Balaban J connectivity index is 1.62. The first-order valence-electron chi connectivity index (χ1n) is 8.47. The molecule has 1 aromatic rings. The first-order valence-corrected chi connectivity index (χ1v) is 8.47. The van der Waals surface area contributed by atoms with Gasteiger partial charge in [0, 0.05) is 25.9 Å². The number of piperidine rings is 1. The fourth-order valence-electron chi connectivity index (χ4n) is 3.08. The number of imide groups is 1. The van der Waals surface area contributed by atoms with E-state index in [1.54, 1.807) is 17.0 Å². The molecule has 0 spiro atoms. The van der Waals surface area contributed by atoms with Gasteiger partial charge in [-0.15, -0.1) is 0 Å². The average molecular weight is 344 g/mol. The van der Waals surface area contributed by atoms with Crippen molar-refractivity contribution in [3.63, 3.8) is 0 Å². The second-order valence-electron chi connectivity index (χ2n) is 6.19. The molecule has 0 aliphatic carbocycles. The number of nitrogens with zero attached hydrogens (tertiary/aromatic N) is 2. The molecule has 0 aromatic heterocycles. The Hall–Kier alpha value is -2.70. The van der Waals surface area contributed by atoms with E-state index in [9.17, 15) is 19.2 Å². The Kier molecular flexibility index (Phi) is 5.11. The maximum atomic E-state index is 12.2. The summed E-state index contributed by atoms with van der Waals surface area (Å²) in [7, 11) is 0. The van der Waals surface area contributed by atoms with Gasteiger partial charge in [0.25, 0.3) is 5.91 Å². The third-order valence-electron chi connectivity index (χ3n) is 4.43. The zero-order chi connectivity index (χ0) is 17.8. The van der Waals surface area contributed by atoms with Crippen molar-refractivity contribution in [2.24, 2.45) is 0 Å². The van der Waals surface area contributed by atoms with E-state index < -0.39 is 5.97 Å². The summed E-state index contributed by atoms with van der Waals surface area (Å²) >= 11 is 0. The molecule has 0 N–H and O–H groups in total. The van der Waals surface area contributed by atoms with Gasteiger partial charge in [-0.1, -0.05) is 6.07 Å². The predicted molar refractivity (Wildman–Crippen MR) is 88.9 cm³/mol. The van der Waals surface area contributed by atoms with E-state index in [1.165, 1.54) is 12.1 Å². The fraction of sp³-hybridized carbons (Fsp3) is 0.444. The molecule has 0 atom stereocenters. The van der Waals surface area contributed by atoms with Gasteiger partial charge < -0.3 is 9.64 Å². The first kappa shape index (κ1) is 17.1. The summed E-state index contributed by atoms with van der Waals surface area (Å²) in [6.45, 7) is 1.10. The monoisotopic (exact) mass is 344 g/mol. The normalized spacial score (nSPS) is 17.8.